The van der Waals surface area contributed by atoms with Crippen molar-refractivity contribution in [1.29, 1.82) is 0 Å². The Morgan fingerprint density at radius 1 is 0.957 bits per heavy atom. The van der Waals surface area contributed by atoms with Gasteiger partial charge in [0.2, 0.25) is 5.91 Å². The number of amides is 2. The number of ether oxygens (including phenoxy) is 1. The molecule has 0 aliphatic heterocycles. The Morgan fingerprint density at radius 2 is 1.39 bits per heavy atom. The monoisotopic (exact) mass is 332 g/mol. The first-order valence-corrected chi connectivity index (χ1v) is 7.14. The fourth-order valence-corrected chi connectivity index (χ4v) is 1.74. The minimum atomic E-state index is -1.25. The van der Waals surface area contributed by atoms with Gasteiger partial charge in [-0.1, -0.05) is 0 Å². The molecule has 0 aliphatic carbocycles. The van der Waals surface area contributed by atoms with Gasteiger partial charge in [0, 0.05) is 6.92 Å². The third-order valence-electron chi connectivity index (χ3n) is 2.65. The fraction of sp³-hybridized carbons (Fsp3) is 0.714. The lowest BCUT2D eigenvalue weighted by atomic mass is 10.1. The van der Waals surface area contributed by atoms with E-state index in [-0.39, 0.29) is 19.3 Å². The van der Waals surface area contributed by atoms with Crippen molar-refractivity contribution >= 4 is 23.9 Å². The summed E-state index contributed by atoms with van der Waals surface area (Å²) in [4.78, 5) is 44.6. The van der Waals surface area contributed by atoms with Gasteiger partial charge in [0.15, 0.2) is 0 Å². The molecule has 9 heteroatoms. The molecule has 0 aliphatic rings. The first-order valence-electron chi connectivity index (χ1n) is 7.14. The Balaban J connectivity index is 4.49. The van der Waals surface area contributed by atoms with Crippen molar-refractivity contribution in [3.05, 3.63) is 0 Å². The highest BCUT2D eigenvalue weighted by Gasteiger charge is 2.25. The molecule has 0 rings (SSSR count). The number of carboxylic acids is 2. The van der Waals surface area contributed by atoms with Gasteiger partial charge < -0.3 is 25.6 Å². The van der Waals surface area contributed by atoms with E-state index < -0.39 is 41.6 Å². The molecule has 4 N–H and O–H groups in total. The Hall–Kier alpha value is -2.32. The predicted molar refractivity (Wildman–Crippen MR) is 79.9 cm³/mol. The number of alkyl carbamates (subject to hydrolysis) is 1. The number of hydrogen-bond donors (Lipinski definition) is 4. The molecule has 0 heterocycles. The van der Waals surface area contributed by atoms with Crippen LogP contribution in [0.2, 0.25) is 0 Å². The molecule has 0 fully saturated rings. The minimum absolute atomic E-state index is 0.0118. The number of aliphatic carboxylic acids is 2. The van der Waals surface area contributed by atoms with Crippen LogP contribution in [0.15, 0.2) is 0 Å². The van der Waals surface area contributed by atoms with Crippen molar-refractivity contribution in [3.8, 4) is 0 Å². The minimum Gasteiger partial charge on any atom is -0.480 e. The van der Waals surface area contributed by atoms with E-state index in [0.717, 1.165) is 0 Å². The Kier molecular flexibility index (Phi) is 8.06. The molecule has 0 saturated carbocycles. The van der Waals surface area contributed by atoms with Crippen LogP contribution < -0.4 is 10.6 Å². The van der Waals surface area contributed by atoms with Gasteiger partial charge in [-0.15, -0.1) is 0 Å². The van der Waals surface area contributed by atoms with E-state index in [1.807, 2.05) is 0 Å². The summed E-state index contributed by atoms with van der Waals surface area (Å²) in [6.07, 6.45) is -0.613. The van der Waals surface area contributed by atoms with Gasteiger partial charge in [0.1, 0.15) is 17.7 Å². The van der Waals surface area contributed by atoms with Crippen LogP contribution >= 0.6 is 0 Å². The molecule has 9 nitrogen and oxygen atoms in total. The van der Waals surface area contributed by atoms with Gasteiger partial charge in [-0.3, -0.25) is 4.79 Å². The topological polar surface area (TPSA) is 142 Å². The molecular formula is C14H24N2O7. The zero-order valence-electron chi connectivity index (χ0n) is 13.7. The zero-order valence-corrected chi connectivity index (χ0v) is 13.7. The summed E-state index contributed by atoms with van der Waals surface area (Å²) in [6.45, 7) is 6.13. The van der Waals surface area contributed by atoms with Gasteiger partial charge in [0.05, 0.1) is 0 Å². The van der Waals surface area contributed by atoms with E-state index in [1.54, 1.807) is 20.8 Å². The number of carbonyl (C=O) groups excluding carboxylic acids is 2. The quantitative estimate of drug-likeness (QED) is 0.513. The van der Waals surface area contributed by atoms with Gasteiger partial charge in [0.25, 0.3) is 0 Å². The second kappa shape index (κ2) is 8.96. The number of hydrogen-bond acceptors (Lipinski definition) is 5. The van der Waals surface area contributed by atoms with Crippen molar-refractivity contribution in [1.82, 2.24) is 10.6 Å². The maximum Gasteiger partial charge on any atom is 0.408 e. The lowest BCUT2D eigenvalue weighted by molar-refractivity contribution is -0.141. The molecule has 0 aromatic rings. The fourth-order valence-electron chi connectivity index (χ4n) is 1.74. The standard InChI is InChI=1S/C14H24N2O7/c1-8(17)15-9(11(18)19)6-5-7-10(12(20)21)16-13(22)23-14(2,3)4/h9-10H,5-7H2,1-4H3,(H,15,17)(H,16,22)(H,18,19)(H,20,21)/t9?,10-/m0/s1. The van der Waals surface area contributed by atoms with Crippen molar-refractivity contribution in [3.63, 3.8) is 0 Å². The molecule has 0 radical (unpaired) electrons. The zero-order chi connectivity index (χ0) is 18.2. The highest BCUT2D eigenvalue weighted by molar-refractivity contribution is 5.82. The average Bonchev–Trinajstić information content (AvgIpc) is 2.32. The van der Waals surface area contributed by atoms with E-state index in [0.29, 0.717) is 0 Å². The van der Waals surface area contributed by atoms with E-state index in [2.05, 4.69) is 10.6 Å². The number of nitrogens with one attached hydrogen (secondary N) is 2. The second-order valence-electron chi connectivity index (χ2n) is 6.06. The summed E-state index contributed by atoms with van der Waals surface area (Å²) in [6, 6.07) is -2.29. The van der Waals surface area contributed by atoms with Crippen LogP contribution in [0.25, 0.3) is 0 Å². The normalized spacial score (nSPS) is 13.6. The Bertz CT molecular complexity index is 457. The van der Waals surface area contributed by atoms with Crippen molar-refractivity contribution in [2.45, 2.75) is 64.6 Å². The number of rotatable bonds is 8. The third-order valence-corrected chi connectivity index (χ3v) is 2.65. The molecule has 132 valence electrons. The summed E-state index contributed by atoms with van der Waals surface area (Å²) in [5.74, 6) is -2.94. The summed E-state index contributed by atoms with van der Waals surface area (Å²) < 4.78 is 4.97. The van der Waals surface area contributed by atoms with Crippen LogP contribution in [-0.2, 0) is 19.1 Å². The molecule has 1 unspecified atom stereocenters. The van der Waals surface area contributed by atoms with Crippen LogP contribution in [0, 0.1) is 0 Å². The van der Waals surface area contributed by atoms with Crippen LogP contribution in [0.3, 0.4) is 0 Å². The molecule has 0 bridgehead atoms. The SMILES string of the molecule is CC(=O)NC(CCC[C@H](NC(=O)OC(C)(C)C)C(=O)O)C(=O)O. The third kappa shape index (κ3) is 10.1. The molecule has 2 atom stereocenters. The Labute approximate surface area is 134 Å². The molecular weight excluding hydrogens is 308 g/mol. The predicted octanol–water partition coefficient (Wildman–Crippen LogP) is 0.724. The summed E-state index contributed by atoms with van der Waals surface area (Å²) in [5.41, 5.74) is -0.757. The lowest BCUT2D eigenvalue weighted by Gasteiger charge is -2.22. The van der Waals surface area contributed by atoms with Crippen molar-refractivity contribution < 1.29 is 34.1 Å². The van der Waals surface area contributed by atoms with E-state index in [1.165, 1.54) is 6.92 Å². The molecule has 23 heavy (non-hydrogen) atoms. The van der Waals surface area contributed by atoms with Crippen LogP contribution in [0.1, 0.15) is 47.0 Å². The second-order valence-corrected chi connectivity index (χ2v) is 6.06. The highest BCUT2D eigenvalue weighted by Crippen LogP contribution is 2.09. The van der Waals surface area contributed by atoms with E-state index in [4.69, 9.17) is 14.9 Å². The summed E-state index contributed by atoms with van der Waals surface area (Å²) in [7, 11) is 0. The van der Waals surface area contributed by atoms with Crippen molar-refractivity contribution in [2.24, 2.45) is 0 Å². The van der Waals surface area contributed by atoms with Crippen LogP contribution in [0.5, 0.6) is 0 Å². The number of carbonyl (C=O) groups is 4. The first kappa shape index (κ1) is 20.7. The summed E-state index contributed by atoms with van der Waals surface area (Å²) in [5, 5.41) is 22.5. The molecule has 0 spiro atoms. The maximum absolute atomic E-state index is 11.6. The molecule has 0 saturated heterocycles. The van der Waals surface area contributed by atoms with Gasteiger partial charge in [-0.2, -0.15) is 0 Å². The molecule has 0 aromatic heterocycles. The van der Waals surface area contributed by atoms with Crippen molar-refractivity contribution in [2.75, 3.05) is 0 Å². The van der Waals surface area contributed by atoms with Crippen LogP contribution in [0.4, 0.5) is 4.79 Å². The smallest absolute Gasteiger partial charge is 0.408 e. The average molecular weight is 332 g/mol. The van der Waals surface area contributed by atoms with Gasteiger partial charge in [-0.05, 0) is 40.0 Å². The molecule has 2 amide bonds. The maximum atomic E-state index is 11.6. The van der Waals surface area contributed by atoms with E-state index >= 15 is 0 Å². The lowest BCUT2D eigenvalue weighted by Crippen LogP contribution is -2.44. The number of carboxylic acid groups (broad SMARTS) is 2. The van der Waals surface area contributed by atoms with E-state index in [9.17, 15) is 19.2 Å². The summed E-state index contributed by atoms with van der Waals surface area (Å²) >= 11 is 0. The first-order chi connectivity index (χ1) is 10.4. The highest BCUT2D eigenvalue weighted by atomic mass is 16.6. The largest absolute Gasteiger partial charge is 0.480 e. The van der Waals surface area contributed by atoms with Crippen LogP contribution in [-0.4, -0.2) is 51.8 Å². The molecule has 0 aromatic carbocycles. The van der Waals surface area contributed by atoms with Gasteiger partial charge >= 0.3 is 18.0 Å². The van der Waals surface area contributed by atoms with Gasteiger partial charge in [-0.25, -0.2) is 14.4 Å². The Morgan fingerprint density at radius 3 is 1.74 bits per heavy atom.